The summed E-state index contributed by atoms with van der Waals surface area (Å²) in [6.45, 7) is 4.33. The van der Waals surface area contributed by atoms with E-state index in [-0.39, 0.29) is 24.3 Å². The summed E-state index contributed by atoms with van der Waals surface area (Å²) in [5, 5.41) is 2.04. The highest BCUT2D eigenvalue weighted by molar-refractivity contribution is 7.12. The number of Topliss-reactive ketones (excluding diaryl/α,β-unsaturated/α-hetero) is 2. The molecule has 3 heterocycles. The molecular formula is C20H21NO4S. The van der Waals surface area contributed by atoms with Crippen molar-refractivity contribution in [1.82, 2.24) is 4.90 Å². The van der Waals surface area contributed by atoms with Gasteiger partial charge in [0.05, 0.1) is 4.88 Å². The summed E-state index contributed by atoms with van der Waals surface area (Å²) in [5.41, 5.74) is 1.84. The number of nitrogens with zero attached hydrogens (tertiary/aromatic N) is 1. The maximum Gasteiger partial charge on any atom is 0.231 e. The van der Waals surface area contributed by atoms with Gasteiger partial charge in [-0.2, -0.15) is 0 Å². The highest BCUT2D eigenvalue weighted by Crippen LogP contribution is 2.34. The number of hydrogen-bond donors (Lipinski definition) is 0. The van der Waals surface area contributed by atoms with E-state index in [1.54, 1.807) is 13.0 Å². The molecule has 0 N–H and O–H groups in total. The molecule has 0 amide bonds. The van der Waals surface area contributed by atoms with Crippen LogP contribution in [0.25, 0.3) is 0 Å². The molecule has 0 bridgehead atoms. The first-order chi connectivity index (χ1) is 12.6. The highest BCUT2D eigenvalue weighted by atomic mass is 32.1. The molecule has 0 saturated carbocycles. The van der Waals surface area contributed by atoms with Crippen molar-refractivity contribution in [2.24, 2.45) is 5.92 Å². The van der Waals surface area contributed by atoms with E-state index >= 15 is 0 Å². The average Bonchev–Trinajstić information content (AvgIpc) is 3.30. The van der Waals surface area contributed by atoms with Crippen LogP contribution in [0.15, 0.2) is 29.6 Å². The van der Waals surface area contributed by atoms with Gasteiger partial charge in [0.1, 0.15) is 0 Å². The largest absolute Gasteiger partial charge is 0.454 e. The Labute approximate surface area is 156 Å². The molecule has 1 aromatic heterocycles. The lowest BCUT2D eigenvalue weighted by atomic mass is 9.89. The van der Waals surface area contributed by atoms with Crippen LogP contribution in [0, 0.1) is 5.92 Å². The van der Waals surface area contributed by atoms with Gasteiger partial charge in [-0.3, -0.25) is 14.5 Å². The van der Waals surface area contributed by atoms with Gasteiger partial charge >= 0.3 is 0 Å². The predicted octanol–water partition coefficient (Wildman–Crippen LogP) is 3.77. The Morgan fingerprint density at radius 1 is 1.23 bits per heavy atom. The third-order valence-electron chi connectivity index (χ3n) is 4.94. The van der Waals surface area contributed by atoms with Gasteiger partial charge in [-0.15, -0.1) is 11.3 Å². The number of carbonyl (C=O) groups is 2. The van der Waals surface area contributed by atoms with Crippen LogP contribution < -0.4 is 9.47 Å². The number of ketones is 2. The Morgan fingerprint density at radius 2 is 2.08 bits per heavy atom. The third-order valence-corrected chi connectivity index (χ3v) is 6.02. The Bertz CT molecular complexity index is 844. The Kier molecular flexibility index (Phi) is 4.78. The standard InChI is InChI=1S/C20H21NO4S/c1-13(22)19-7-14(11-26-19)9-21-6-2-3-16(10-21)20(23)15-4-5-17-18(8-15)25-12-24-17/h4-5,7-8,11,16H,2-3,6,9-10,12H2,1H3/t16-/m0/s1. The Hall–Kier alpha value is -2.18. The van der Waals surface area contributed by atoms with Crippen molar-refractivity contribution in [2.45, 2.75) is 26.3 Å². The number of thiophene rings is 1. The van der Waals surface area contributed by atoms with Gasteiger partial charge in [-0.25, -0.2) is 0 Å². The van der Waals surface area contributed by atoms with Crippen molar-refractivity contribution in [3.63, 3.8) is 0 Å². The minimum atomic E-state index is -0.00460. The first-order valence-corrected chi connectivity index (χ1v) is 9.72. The molecule has 1 aromatic carbocycles. The molecule has 4 rings (SSSR count). The molecule has 1 atom stereocenters. The quantitative estimate of drug-likeness (QED) is 0.749. The zero-order chi connectivity index (χ0) is 18.1. The maximum atomic E-state index is 12.9. The number of ether oxygens (including phenoxy) is 2. The molecule has 1 fully saturated rings. The van der Waals surface area contributed by atoms with E-state index in [0.29, 0.717) is 17.1 Å². The van der Waals surface area contributed by atoms with E-state index in [4.69, 9.17) is 9.47 Å². The summed E-state index contributed by atoms with van der Waals surface area (Å²) < 4.78 is 10.7. The predicted molar refractivity (Wildman–Crippen MR) is 99.2 cm³/mol. The molecule has 26 heavy (non-hydrogen) atoms. The van der Waals surface area contributed by atoms with Crippen molar-refractivity contribution >= 4 is 22.9 Å². The summed E-state index contributed by atoms with van der Waals surface area (Å²) in [6, 6.07) is 7.40. The molecule has 0 spiro atoms. The van der Waals surface area contributed by atoms with Crippen LogP contribution in [-0.2, 0) is 6.54 Å². The second-order valence-electron chi connectivity index (χ2n) is 6.88. The zero-order valence-electron chi connectivity index (χ0n) is 14.7. The first kappa shape index (κ1) is 17.2. The van der Waals surface area contributed by atoms with E-state index in [2.05, 4.69) is 4.90 Å². The van der Waals surface area contributed by atoms with Crippen LogP contribution in [0.5, 0.6) is 11.5 Å². The lowest BCUT2D eigenvalue weighted by Crippen LogP contribution is -2.38. The summed E-state index contributed by atoms with van der Waals surface area (Å²) in [5.74, 6) is 1.62. The molecule has 5 nitrogen and oxygen atoms in total. The zero-order valence-corrected chi connectivity index (χ0v) is 15.5. The van der Waals surface area contributed by atoms with Crippen molar-refractivity contribution in [2.75, 3.05) is 19.9 Å². The molecule has 0 radical (unpaired) electrons. The van der Waals surface area contributed by atoms with Crippen LogP contribution >= 0.6 is 11.3 Å². The van der Waals surface area contributed by atoms with Crippen molar-refractivity contribution in [3.8, 4) is 11.5 Å². The fourth-order valence-corrected chi connectivity index (χ4v) is 4.41. The van der Waals surface area contributed by atoms with E-state index in [1.165, 1.54) is 11.3 Å². The maximum absolute atomic E-state index is 12.9. The fraction of sp³-hybridized carbons (Fsp3) is 0.400. The fourth-order valence-electron chi connectivity index (χ4n) is 3.60. The van der Waals surface area contributed by atoms with Gasteiger partial charge in [0.15, 0.2) is 23.1 Å². The van der Waals surface area contributed by atoms with Crippen LogP contribution in [-0.4, -0.2) is 36.3 Å². The number of fused-ring (bicyclic) bond motifs is 1. The lowest BCUT2D eigenvalue weighted by Gasteiger charge is -2.31. The second-order valence-corrected chi connectivity index (χ2v) is 7.79. The first-order valence-electron chi connectivity index (χ1n) is 8.85. The molecule has 6 heteroatoms. The molecule has 1 saturated heterocycles. The number of likely N-dealkylation sites (tertiary alicyclic amines) is 1. The SMILES string of the molecule is CC(=O)c1cc(CN2CCC[C@H](C(=O)c3ccc4c(c3)OCO4)C2)cs1. The normalized spacial score (nSPS) is 19.5. The van der Waals surface area contributed by atoms with Gasteiger partial charge in [0.2, 0.25) is 6.79 Å². The minimum absolute atomic E-state index is 0.00460. The number of carbonyl (C=O) groups excluding carboxylic acids is 2. The number of benzene rings is 1. The van der Waals surface area contributed by atoms with Gasteiger partial charge in [-0.1, -0.05) is 0 Å². The van der Waals surface area contributed by atoms with Gasteiger partial charge < -0.3 is 9.47 Å². The Morgan fingerprint density at radius 3 is 2.88 bits per heavy atom. The van der Waals surface area contributed by atoms with Gasteiger partial charge in [0, 0.05) is 24.6 Å². The molecule has 2 aliphatic rings. The third kappa shape index (κ3) is 3.52. The highest BCUT2D eigenvalue weighted by Gasteiger charge is 2.28. The topological polar surface area (TPSA) is 55.8 Å². The summed E-state index contributed by atoms with van der Waals surface area (Å²) in [6.07, 6.45) is 1.91. The van der Waals surface area contributed by atoms with E-state index in [1.807, 2.05) is 23.6 Å². The van der Waals surface area contributed by atoms with Crippen LogP contribution in [0.2, 0.25) is 0 Å². The van der Waals surface area contributed by atoms with E-state index in [9.17, 15) is 9.59 Å². The number of rotatable bonds is 5. The van der Waals surface area contributed by atoms with Crippen molar-refractivity contribution in [1.29, 1.82) is 0 Å². The van der Waals surface area contributed by atoms with Crippen molar-refractivity contribution < 1.29 is 19.1 Å². The molecule has 2 aromatic rings. The van der Waals surface area contributed by atoms with Crippen LogP contribution in [0.1, 0.15) is 45.4 Å². The summed E-state index contributed by atoms with van der Waals surface area (Å²) in [4.78, 5) is 27.5. The number of piperidine rings is 1. The molecule has 2 aliphatic heterocycles. The second kappa shape index (κ2) is 7.21. The minimum Gasteiger partial charge on any atom is -0.454 e. The van der Waals surface area contributed by atoms with Gasteiger partial charge in [-0.05, 0) is 61.5 Å². The summed E-state index contributed by atoms with van der Waals surface area (Å²) >= 11 is 1.49. The summed E-state index contributed by atoms with van der Waals surface area (Å²) in [7, 11) is 0. The van der Waals surface area contributed by atoms with Crippen molar-refractivity contribution in [3.05, 3.63) is 45.6 Å². The molecule has 0 aliphatic carbocycles. The average molecular weight is 371 g/mol. The molecule has 136 valence electrons. The van der Waals surface area contributed by atoms with Gasteiger partial charge in [0.25, 0.3) is 0 Å². The van der Waals surface area contributed by atoms with Crippen LogP contribution in [0.3, 0.4) is 0 Å². The Balaban J connectivity index is 1.42. The lowest BCUT2D eigenvalue weighted by molar-refractivity contribution is 0.0811. The van der Waals surface area contributed by atoms with Crippen LogP contribution in [0.4, 0.5) is 0 Å². The van der Waals surface area contributed by atoms with E-state index in [0.717, 1.165) is 42.9 Å². The number of hydrogen-bond acceptors (Lipinski definition) is 6. The molecule has 0 unspecified atom stereocenters. The smallest absolute Gasteiger partial charge is 0.231 e. The monoisotopic (exact) mass is 371 g/mol. The van der Waals surface area contributed by atoms with E-state index < -0.39 is 0 Å². The molecular weight excluding hydrogens is 350 g/mol.